The molecule has 0 heterocycles. The second-order valence-electron chi connectivity index (χ2n) is 6.87. The number of carbonyl (C=O) groups excluding carboxylic acids is 1. The summed E-state index contributed by atoms with van der Waals surface area (Å²) in [5, 5.41) is 10.9. The van der Waals surface area contributed by atoms with E-state index in [9.17, 15) is 9.90 Å². The van der Waals surface area contributed by atoms with Gasteiger partial charge in [-0.25, -0.2) is 0 Å². The molecule has 0 N–H and O–H groups in total. The van der Waals surface area contributed by atoms with Crippen LogP contribution in [-0.4, -0.2) is 30.5 Å². The molecule has 0 atom stereocenters. The van der Waals surface area contributed by atoms with Gasteiger partial charge in [0.2, 0.25) is 0 Å². The summed E-state index contributed by atoms with van der Waals surface area (Å²) in [6.07, 6.45) is 23.0. The van der Waals surface area contributed by atoms with Crippen molar-refractivity contribution in [3.63, 3.8) is 0 Å². The molecule has 0 spiro atoms. The van der Waals surface area contributed by atoms with E-state index in [4.69, 9.17) is 0 Å². The average molecular weight is 374 g/mol. The van der Waals surface area contributed by atoms with Gasteiger partial charge >= 0.3 is 29.6 Å². The van der Waals surface area contributed by atoms with Crippen molar-refractivity contribution in [2.75, 3.05) is 19.6 Å². The van der Waals surface area contributed by atoms with Crippen molar-refractivity contribution in [1.29, 1.82) is 0 Å². The number of hydrogen-bond acceptors (Lipinski definition) is 3. The molecule has 0 fully saturated rings. The van der Waals surface area contributed by atoms with Crippen LogP contribution in [0, 0.1) is 0 Å². The van der Waals surface area contributed by atoms with Crippen molar-refractivity contribution in [2.24, 2.45) is 0 Å². The van der Waals surface area contributed by atoms with Gasteiger partial charge in [0.05, 0.1) is 5.97 Å². The Morgan fingerprint density at radius 1 is 0.731 bits per heavy atom. The van der Waals surface area contributed by atoms with E-state index in [1.165, 1.54) is 51.4 Å². The molecule has 0 aromatic heterocycles. The first kappa shape index (κ1) is 28.1. The van der Waals surface area contributed by atoms with Crippen molar-refractivity contribution in [2.45, 2.75) is 90.9 Å². The Morgan fingerprint density at radius 2 is 1.15 bits per heavy atom. The minimum absolute atomic E-state index is 0. The van der Waals surface area contributed by atoms with Gasteiger partial charge in [0.25, 0.3) is 0 Å². The van der Waals surface area contributed by atoms with Crippen molar-refractivity contribution in [3.8, 4) is 0 Å². The molecule has 0 saturated heterocycles. The predicted octanol–water partition coefficient (Wildman–Crippen LogP) is 1.88. The Morgan fingerprint density at radius 3 is 1.54 bits per heavy atom. The van der Waals surface area contributed by atoms with Gasteiger partial charge in [-0.1, -0.05) is 63.8 Å². The van der Waals surface area contributed by atoms with E-state index in [-0.39, 0.29) is 36.1 Å². The summed E-state index contributed by atoms with van der Waals surface area (Å²) < 4.78 is 0. The first-order valence-corrected chi connectivity index (χ1v) is 10.4. The summed E-state index contributed by atoms with van der Waals surface area (Å²) in [6.45, 7) is 6.22. The van der Waals surface area contributed by atoms with Crippen LogP contribution in [0.5, 0.6) is 0 Å². The van der Waals surface area contributed by atoms with Crippen LogP contribution in [0.15, 0.2) is 24.3 Å². The molecule has 0 amide bonds. The topological polar surface area (TPSA) is 43.4 Å². The van der Waals surface area contributed by atoms with Gasteiger partial charge < -0.3 is 9.90 Å². The van der Waals surface area contributed by atoms with Gasteiger partial charge in [-0.3, -0.25) is 4.90 Å². The molecule has 146 valence electrons. The fourth-order valence-electron chi connectivity index (χ4n) is 2.81. The number of unbranched alkanes of at least 4 members (excludes halogenated alkanes) is 8. The zero-order valence-corrected chi connectivity index (χ0v) is 19.7. The molecule has 4 heteroatoms. The van der Waals surface area contributed by atoms with E-state index >= 15 is 0 Å². The predicted molar refractivity (Wildman–Crippen MR) is 106 cm³/mol. The number of aliphatic carboxylic acids is 1. The van der Waals surface area contributed by atoms with Crippen molar-refractivity contribution >= 4 is 5.97 Å². The molecule has 0 aromatic rings. The Balaban J connectivity index is 0. The maximum Gasteiger partial charge on any atom is 1.00 e. The normalized spacial score (nSPS) is 11.5. The molecule has 0 aromatic carbocycles. The minimum atomic E-state index is -0.954. The summed E-state index contributed by atoms with van der Waals surface area (Å²) in [6, 6.07) is 0. The molecule has 0 aliphatic heterocycles. The van der Waals surface area contributed by atoms with Gasteiger partial charge in [0.15, 0.2) is 0 Å². The molecular formula is C22H40NNaO2. The van der Waals surface area contributed by atoms with Gasteiger partial charge in [-0.05, 0) is 64.5 Å². The van der Waals surface area contributed by atoms with E-state index in [1.54, 1.807) is 0 Å². The summed E-state index contributed by atoms with van der Waals surface area (Å²) in [5.41, 5.74) is 0. The van der Waals surface area contributed by atoms with Gasteiger partial charge in [-0.15, -0.1) is 0 Å². The zero-order valence-electron chi connectivity index (χ0n) is 17.7. The number of carboxylic acids is 1. The first-order valence-electron chi connectivity index (χ1n) is 10.4. The molecule has 3 nitrogen and oxygen atoms in total. The van der Waals surface area contributed by atoms with Crippen LogP contribution in [0.25, 0.3) is 0 Å². The van der Waals surface area contributed by atoms with Crippen LogP contribution < -0.4 is 34.7 Å². The Labute approximate surface area is 184 Å². The van der Waals surface area contributed by atoms with Gasteiger partial charge in [-0.2, -0.15) is 0 Å². The third kappa shape index (κ3) is 22.0. The monoisotopic (exact) mass is 373 g/mol. The van der Waals surface area contributed by atoms with Crippen LogP contribution in [0.2, 0.25) is 0 Å². The van der Waals surface area contributed by atoms with Crippen LogP contribution in [0.4, 0.5) is 0 Å². The third-order valence-corrected chi connectivity index (χ3v) is 4.29. The number of nitrogens with zero attached hydrogens (tertiary/aromatic N) is 1. The van der Waals surface area contributed by atoms with Crippen LogP contribution in [-0.2, 0) is 4.79 Å². The number of allylic oxidation sites excluding steroid dienone is 4. The van der Waals surface area contributed by atoms with E-state index in [2.05, 4.69) is 43.1 Å². The molecule has 0 bridgehead atoms. The molecule has 0 rings (SSSR count). The summed E-state index contributed by atoms with van der Waals surface area (Å²) in [7, 11) is 0. The molecular weight excluding hydrogens is 333 g/mol. The molecule has 0 unspecified atom stereocenters. The summed E-state index contributed by atoms with van der Waals surface area (Å²) in [5.74, 6) is -0.954. The SMILES string of the molecule is CCC/C=C/CCCCCN(CCCCC/C=C/CCC)CC(=O)[O-].[Na+]. The number of carboxylic acid groups (broad SMARTS) is 1. The number of carbonyl (C=O) groups is 1. The fraction of sp³-hybridized carbons (Fsp3) is 0.773. The van der Waals surface area contributed by atoms with Gasteiger partial charge in [0.1, 0.15) is 0 Å². The molecule has 0 aliphatic carbocycles. The second kappa shape index (κ2) is 23.0. The summed E-state index contributed by atoms with van der Waals surface area (Å²) in [4.78, 5) is 13.0. The van der Waals surface area contributed by atoms with Crippen LogP contribution in [0.1, 0.15) is 90.9 Å². The Hall–Kier alpha value is -0.0900. The number of hydrogen-bond donors (Lipinski definition) is 0. The minimum Gasteiger partial charge on any atom is -0.549 e. The smallest absolute Gasteiger partial charge is 0.549 e. The van der Waals surface area contributed by atoms with Crippen LogP contribution >= 0.6 is 0 Å². The zero-order chi connectivity index (χ0) is 18.6. The van der Waals surface area contributed by atoms with E-state index in [1.807, 2.05) is 0 Å². The second-order valence-corrected chi connectivity index (χ2v) is 6.87. The first-order chi connectivity index (χ1) is 12.2. The largest absolute Gasteiger partial charge is 1.00 e. The maximum atomic E-state index is 10.9. The van der Waals surface area contributed by atoms with E-state index in [0.29, 0.717) is 0 Å². The third-order valence-electron chi connectivity index (χ3n) is 4.29. The molecule has 0 aliphatic rings. The van der Waals surface area contributed by atoms with Crippen molar-refractivity contribution in [1.82, 2.24) is 4.90 Å². The average Bonchev–Trinajstić information content (AvgIpc) is 2.58. The quantitative estimate of drug-likeness (QED) is 0.209. The Bertz CT molecular complexity index is 330. The van der Waals surface area contributed by atoms with Crippen molar-refractivity contribution < 1.29 is 39.5 Å². The van der Waals surface area contributed by atoms with E-state index in [0.717, 1.165) is 38.8 Å². The molecule has 0 saturated carbocycles. The standard InChI is InChI=1S/C22H41NO2.Na/c1-3-5-7-9-11-13-15-17-19-23(21-22(24)25)20-18-16-14-12-10-8-6-4-2;/h7-10H,3-6,11-21H2,1-2H3,(H,24,25);/q;+1/p-1/b9-7+,10-8+;. The fourth-order valence-corrected chi connectivity index (χ4v) is 2.81. The Kier molecular flexibility index (Phi) is 24.8. The number of rotatable bonds is 18. The van der Waals surface area contributed by atoms with E-state index < -0.39 is 5.97 Å². The maximum absolute atomic E-state index is 10.9. The summed E-state index contributed by atoms with van der Waals surface area (Å²) >= 11 is 0. The van der Waals surface area contributed by atoms with Crippen LogP contribution in [0.3, 0.4) is 0 Å². The van der Waals surface area contributed by atoms with Crippen molar-refractivity contribution in [3.05, 3.63) is 24.3 Å². The van der Waals surface area contributed by atoms with Gasteiger partial charge in [0, 0.05) is 6.54 Å². The molecule has 0 radical (unpaired) electrons. The molecule has 26 heavy (non-hydrogen) atoms.